The van der Waals surface area contributed by atoms with Crippen LogP contribution in [0.15, 0.2) is 36.8 Å². The van der Waals surface area contributed by atoms with E-state index < -0.39 is 0 Å². The van der Waals surface area contributed by atoms with E-state index in [1.165, 1.54) is 12.1 Å². The van der Waals surface area contributed by atoms with Crippen molar-refractivity contribution in [3.8, 4) is 0 Å². The van der Waals surface area contributed by atoms with Crippen LogP contribution in [0.5, 0.6) is 0 Å². The number of carbonyl (C=O) groups excluding carboxylic acids is 1. The fraction of sp³-hybridized carbons (Fsp3) is 0.444. The number of aromatic nitrogens is 2. The summed E-state index contributed by atoms with van der Waals surface area (Å²) in [7, 11) is 1.68. The first-order valence-corrected chi connectivity index (χ1v) is 8.38. The lowest BCUT2D eigenvalue weighted by Gasteiger charge is -2.34. The Morgan fingerprint density at radius 1 is 1.20 bits per heavy atom. The van der Waals surface area contributed by atoms with E-state index in [0.29, 0.717) is 32.8 Å². The zero-order chi connectivity index (χ0) is 17.6. The number of halogens is 1. The highest BCUT2D eigenvalue weighted by atomic mass is 19.1. The third-order valence-corrected chi connectivity index (χ3v) is 4.40. The van der Waals surface area contributed by atoms with E-state index in [9.17, 15) is 9.18 Å². The maximum absolute atomic E-state index is 13.0. The molecular weight excluding hydrogens is 323 g/mol. The van der Waals surface area contributed by atoms with Crippen LogP contribution >= 0.6 is 0 Å². The first-order valence-electron chi connectivity index (χ1n) is 8.38. The number of piperazine rings is 1. The zero-order valence-corrected chi connectivity index (χ0v) is 14.4. The third-order valence-electron chi connectivity index (χ3n) is 4.40. The van der Waals surface area contributed by atoms with Gasteiger partial charge in [-0.2, -0.15) is 0 Å². The average molecular weight is 346 g/mol. The first kappa shape index (κ1) is 17.6. The first-order chi connectivity index (χ1) is 12.2. The van der Waals surface area contributed by atoms with Gasteiger partial charge in [0.15, 0.2) is 0 Å². The molecule has 1 aromatic carbocycles. The van der Waals surface area contributed by atoms with E-state index >= 15 is 0 Å². The van der Waals surface area contributed by atoms with Crippen LogP contribution in [-0.2, 0) is 29.2 Å². The molecule has 0 unspecified atom stereocenters. The zero-order valence-electron chi connectivity index (χ0n) is 14.4. The number of rotatable bonds is 7. The van der Waals surface area contributed by atoms with Crippen molar-refractivity contribution >= 4 is 5.91 Å². The van der Waals surface area contributed by atoms with Crippen LogP contribution in [0.4, 0.5) is 4.39 Å². The lowest BCUT2D eigenvalue weighted by molar-refractivity contribution is -0.136. The Kier molecular flexibility index (Phi) is 5.78. The summed E-state index contributed by atoms with van der Waals surface area (Å²) in [5.74, 6) is -0.163. The van der Waals surface area contributed by atoms with Crippen LogP contribution in [0.2, 0.25) is 0 Å². The van der Waals surface area contributed by atoms with Crippen molar-refractivity contribution in [2.24, 2.45) is 0 Å². The molecule has 1 fully saturated rings. The number of benzene rings is 1. The molecule has 0 saturated carbocycles. The molecular formula is C18H23FN4O2. The third kappa shape index (κ3) is 4.64. The lowest BCUT2D eigenvalue weighted by atomic mass is 10.2. The van der Waals surface area contributed by atoms with Crippen molar-refractivity contribution in [1.29, 1.82) is 0 Å². The minimum absolute atomic E-state index is 0.0959. The molecule has 2 heterocycles. The van der Waals surface area contributed by atoms with Gasteiger partial charge in [0.1, 0.15) is 5.82 Å². The monoisotopic (exact) mass is 346 g/mol. The molecule has 0 aliphatic carbocycles. The van der Waals surface area contributed by atoms with Gasteiger partial charge in [-0.25, -0.2) is 9.37 Å². The molecule has 134 valence electrons. The summed E-state index contributed by atoms with van der Waals surface area (Å²) in [6.45, 7) is 4.47. The minimum atomic E-state index is -0.259. The molecule has 1 saturated heterocycles. The topological polar surface area (TPSA) is 50.6 Å². The molecule has 25 heavy (non-hydrogen) atoms. The van der Waals surface area contributed by atoms with E-state index in [2.05, 4.69) is 14.5 Å². The van der Waals surface area contributed by atoms with Crippen LogP contribution in [-0.4, -0.2) is 58.6 Å². The van der Waals surface area contributed by atoms with Crippen LogP contribution in [0.3, 0.4) is 0 Å². The van der Waals surface area contributed by atoms with Gasteiger partial charge in [-0.3, -0.25) is 9.69 Å². The van der Waals surface area contributed by atoms with Gasteiger partial charge in [0.2, 0.25) is 5.91 Å². The Hall–Kier alpha value is -2.25. The fourth-order valence-electron chi connectivity index (χ4n) is 2.97. The predicted molar refractivity (Wildman–Crippen MR) is 91.2 cm³/mol. The Balaban J connectivity index is 1.54. The van der Waals surface area contributed by atoms with Crippen molar-refractivity contribution in [3.63, 3.8) is 0 Å². The van der Waals surface area contributed by atoms with Crippen molar-refractivity contribution < 1.29 is 13.9 Å². The number of nitrogens with zero attached hydrogens (tertiary/aromatic N) is 4. The van der Waals surface area contributed by atoms with E-state index in [4.69, 9.17) is 4.74 Å². The number of hydrogen-bond donors (Lipinski definition) is 0. The molecule has 1 aliphatic rings. The molecule has 1 aromatic heterocycles. The second-order valence-electron chi connectivity index (χ2n) is 6.22. The van der Waals surface area contributed by atoms with E-state index in [-0.39, 0.29) is 11.7 Å². The standard InChI is InChI=1S/C18H23FN4O2/c1-25-9-8-23-14-20-10-17(23)12-21-6-7-22(18(24)13-21)11-15-2-4-16(19)5-3-15/h2-5,10,14H,6-9,11-13H2,1H3. The number of ether oxygens (including phenoxy) is 1. The van der Waals surface area contributed by atoms with Gasteiger partial charge < -0.3 is 14.2 Å². The summed E-state index contributed by atoms with van der Waals surface area (Å²) in [6.07, 6.45) is 3.63. The molecule has 0 radical (unpaired) electrons. The van der Waals surface area contributed by atoms with Crippen molar-refractivity contribution in [2.75, 3.05) is 33.4 Å². The lowest BCUT2D eigenvalue weighted by Crippen LogP contribution is -2.49. The summed E-state index contributed by atoms with van der Waals surface area (Å²) in [4.78, 5) is 20.6. The molecule has 0 atom stereocenters. The van der Waals surface area contributed by atoms with Crippen molar-refractivity contribution in [3.05, 3.63) is 53.9 Å². The Bertz CT molecular complexity index is 701. The predicted octanol–water partition coefficient (Wildman–Crippen LogP) is 1.51. The van der Waals surface area contributed by atoms with Crippen LogP contribution in [0, 0.1) is 5.82 Å². The number of hydrogen-bond acceptors (Lipinski definition) is 4. The summed E-state index contributed by atoms with van der Waals surface area (Å²) >= 11 is 0. The fourth-order valence-corrected chi connectivity index (χ4v) is 2.97. The van der Waals surface area contributed by atoms with E-state index in [1.54, 1.807) is 25.6 Å². The Labute approximate surface area is 146 Å². The highest BCUT2D eigenvalue weighted by Gasteiger charge is 2.24. The largest absolute Gasteiger partial charge is 0.383 e. The van der Waals surface area contributed by atoms with Gasteiger partial charge in [-0.15, -0.1) is 0 Å². The maximum atomic E-state index is 13.0. The van der Waals surface area contributed by atoms with E-state index in [1.807, 2.05) is 11.1 Å². The Morgan fingerprint density at radius 2 is 2.00 bits per heavy atom. The summed E-state index contributed by atoms with van der Waals surface area (Å²) < 4.78 is 20.1. The van der Waals surface area contributed by atoms with Gasteiger partial charge in [-0.1, -0.05) is 12.1 Å². The maximum Gasteiger partial charge on any atom is 0.237 e. The van der Waals surface area contributed by atoms with Gasteiger partial charge >= 0.3 is 0 Å². The van der Waals surface area contributed by atoms with Crippen molar-refractivity contribution in [2.45, 2.75) is 19.6 Å². The van der Waals surface area contributed by atoms with Gasteiger partial charge in [0.05, 0.1) is 25.2 Å². The van der Waals surface area contributed by atoms with Gasteiger partial charge in [0, 0.05) is 46.0 Å². The van der Waals surface area contributed by atoms with Crippen LogP contribution in [0.1, 0.15) is 11.3 Å². The molecule has 2 aromatic rings. The molecule has 0 spiro atoms. The molecule has 1 amide bonds. The number of carbonyl (C=O) groups is 1. The van der Waals surface area contributed by atoms with Gasteiger partial charge in [0.25, 0.3) is 0 Å². The molecule has 6 nitrogen and oxygen atoms in total. The quantitative estimate of drug-likeness (QED) is 0.763. The number of imidazole rings is 1. The molecule has 0 N–H and O–H groups in total. The molecule has 3 rings (SSSR count). The highest BCUT2D eigenvalue weighted by molar-refractivity contribution is 5.79. The second kappa shape index (κ2) is 8.22. The summed E-state index contributed by atoms with van der Waals surface area (Å²) in [5.41, 5.74) is 2.03. The minimum Gasteiger partial charge on any atom is -0.383 e. The van der Waals surface area contributed by atoms with Gasteiger partial charge in [-0.05, 0) is 17.7 Å². The Morgan fingerprint density at radius 3 is 2.72 bits per heavy atom. The summed E-state index contributed by atoms with van der Waals surface area (Å²) in [5, 5.41) is 0. The molecule has 0 bridgehead atoms. The SMILES string of the molecule is COCCn1cncc1CN1CCN(Cc2ccc(F)cc2)C(=O)C1. The normalized spacial score (nSPS) is 15.8. The summed E-state index contributed by atoms with van der Waals surface area (Å²) in [6, 6.07) is 6.31. The smallest absolute Gasteiger partial charge is 0.237 e. The van der Waals surface area contributed by atoms with E-state index in [0.717, 1.165) is 24.3 Å². The molecule has 7 heteroatoms. The van der Waals surface area contributed by atoms with Crippen LogP contribution < -0.4 is 0 Å². The number of amides is 1. The van der Waals surface area contributed by atoms with Crippen LogP contribution in [0.25, 0.3) is 0 Å². The average Bonchev–Trinajstić information content (AvgIpc) is 3.04. The molecule has 1 aliphatic heterocycles. The van der Waals surface area contributed by atoms with Crippen molar-refractivity contribution in [1.82, 2.24) is 19.4 Å². The highest BCUT2D eigenvalue weighted by Crippen LogP contribution is 2.13. The second-order valence-corrected chi connectivity index (χ2v) is 6.22. The number of methoxy groups -OCH3 is 1.